The topological polar surface area (TPSA) is 90.9 Å². The predicted octanol–water partition coefficient (Wildman–Crippen LogP) is 9.11. The molecule has 0 aliphatic heterocycles. The van der Waals surface area contributed by atoms with Gasteiger partial charge >= 0.3 is 0 Å². The average Bonchev–Trinajstić information content (AvgIpc) is 3.67. The highest BCUT2D eigenvalue weighted by atomic mass is 32.1. The Bertz CT molecular complexity index is 1620. The fraction of sp³-hybridized carbons (Fsp3) is 0.515. The molecule has 0 unspecified atom stereocenters. The van der Waals surface area contributed by atoms with Gasteiger partial charge in [-0.05, 0) is 51.7 Å². The number of hydrogen-bond donors (Lipinski definition) is 3. The van der Waals surface area contributed by atoms with Gasteiger partial charge in [-0.25, -0.2) is 37.5 Å². The Balaban J connectivity index is 0.000000185. The van der Waals surface area contributed by atoms with Gasteiger partial charge in [-0.1, -0.05) is 0 Å². The molecule has 254 valence electrons. The van der Waals surface area contributed by atoms with Crippen LogP contribution in [0, 0.1) is 13.8 Å². The van der Waals surface area contributed by atoms with Gasteiger partial charge in [0.1, 0.15) is 33.0 Å². The molecule has 0 amide bonds. The van der Waals surface area contributed by atoms with E-state index in [0.717, 1.165) is 50.0 Å². The summed E-state index contributed by atoms with van der Waals surface area (Å²) in [5.74, 6) is -3.60. The molecule has 2 aliphatic rings. The molecule has 4 heterocycles. The van der Waals surface area contributed by atoms with Crippen LogP contribution < -0.4 is 20.9 Å². The molecule has 4 aromatic heterocycles. The smallest absolute Gasteiger partial charge is 0.248 e. The summed E-state index contributed by atoms with van der Waals surface area (Å²) in [5, 5.41) is 15.5. The standard InChI is InChI=1S/C17H22F2N4S.C16H20F2N4S/c1-11-10-24-16(20-11)14-8-13(23(2)3)9-15(22-14)21-12-4-6-17(18,19)7-5-12;1-10-9-23-15(20-10)13-7-12(19-2)8-14(22-13)21-11-3-5-16(17,18)6-4-11/h8-10,12H,4-7H2,1-3H3,(H,21,22);7-9,11H,3-6H2,1-2H3,(H2,19,21,22). The Morgan fingerprint density at radius 2 is 1.13 bits per heavy atom. The third-order valence-electron chi connectivity index (χ3n) is 8.26. The van der Waals surface area contributed by atoms with E-state index in [0.29, 0.717) is 31.5 Å². The molecule has 2 fully saturated rings. The molecule has 0 saturated heterocycles. The van der Waals surface area contributed by atoms with E-state index in [9.17, 15) is 17.6 Å². The number of hydrogen-bond acceptors (Lipinski definition) is 10. The number of alkyl halides is 4. The number of halogens is 4. The van der Waals surface area contributed by atoms with Crippen LogP contribution in [0.25, 0.3) is 21.4 Å². The average molecular weight is 691 g/mol. The molecule has 47 heavy (non-hydrogen) atoms. The van der Waals surface area contributed by atoms with Gasteiger partial charge in [0.2, 0.25) is 11.8 Å². The van der Waals surface area contributed by atoms with Crippen molar-refractivity contribution >= 4 is 45.7 Å². The first-order valence-corrected chi connectivity index (χ1v) is 17.6. The SMILES string of the molecule is CNc1cc(NC2CCC(F)(F)CC2)nc(-c2nc(C)cs2)c1.Cc1csc(-c2cc(N(C)C)cc(NC3CCC(F)(F)CC3)n2)n1. The van der Waals surface area contributed by atoms with Crippen molar-refractivity contribution in [1.82, 2.24) is 19.9 Å². The quantitative estimate of drug-likeness (QED) is 0.158. The largest absolute Gasteiger partial charge is 0.388 e. The highest BCUT2D eigenvalue weighted by Gasteiger charge is 2.36. The summed E-state index contributed by atoms with van der Waals surface area (Å²) >= 11 is 3.11. The summed E-state index contributed by atoms with van der Waals surface area (Å²) in [6.07, 6.45) is 1.62. The van der Waals surface area contributed by atoms with Crippen molar-refractivity contribution in [1.29, 1.82) is 0 Å². The van der Waals surface area contributed by atoms with E-state index >= 15 is 0 Å². The first kappa shape index (κ1) is 34.8. The number of pyridine rings is 2. The Hall–Kier alpha value is -3.52. The third kappa shape index (κ3) is 9.75. The van der Waals surface area contributed by atoms with Crippen LogP contribution in [0.5, 0.6) is 0 Å². The maximum absolute atomic E-state index is 13.3. The fourth-order valence-electron chi connectivity index (χ4n) is 5.55. The highest BCUT2D eigenvalue weighted by molar-refractivity contribution is 7.13. The fourth-order valence-corrected chi connectivity index (χ4v) is 7.06. The van der Waals surface area contributed by atoms with Crippen LogP contribution in [-0.4, -0.2) is 65.0 Å². The van der Waals surface area contributed by atoms with E-state index in [2.05, 4.69) is 35.9 Å². The Morgan fingerprint density at radius 3 is 1.53 bits per heavy atom. The molecular formula is C33H42F4N8S2. The van der Waals surface area contributed by atoms with Gasteiger partial charge in [0, 0.05) is 105 Å². The Kier molecular flexibility index (Phi) is 10.9. The first-order chi connectivity index (χ1) is 22.3. The molecule has 6 rings (SSSR count). The van der Waals surface area contributed by atoms with Gasteiger partial charge in [-0.2, -0.15) is 0 Å². The predicted molar refractivity (Wildman–Crippen MR) is 186 cm³/mol. The summed E-state index contributed by atoms with van der Waals surface area (Å²) in [7, 11) is 5.78. The van der Waals surface area contributed by atoms with Gasteiger partial charge in [0.15, 0.2) is 0 Å². The lowest BCUT2D eigenvalue weighted by Crippen LogP contribution is -2.32. The molecule has 2 saturated carbocycles. The molecule has 0 spiro atoms. The van der Waals surface area contributed by atoms with Crippen molar-refractivity contribution in [3.05, 3.63) is 46.4 Å². The van der Waals surface area contributed by atoms with Crippen LogP contribution in [-0.2, 0) is 0 Å². The van der Waals surface area contributed by atoms with Crippen LogP contribution in [0.15, 0.2) is 35.0 Å². The summed E-state index contributed by atoms with van der Waals surface area (Å²) in [5.41, 5.74) is 5.46. The highest BCUT2D eigenvalue weighted by Crippen LogP contribution is 2.36. The number of aryl methyl sites for hydroxylation is 2. The van der Waals surface area contributed by atoms with Crippen LogP contribution in [0.2, 0.25) is 0 Å². The molecule has 3 N–H and O–H groups in total. The Labute approximate surface area is 281 Å². The summed E-state index contributed by atoms with van der Waals surface area (Å²) in [6, 6.07) is 7.88. The molecule has 0 atom stereocenters. The van der Waals surface area contributed by atoms with E-state index < -0.39 is 11.8 Å². The number of nitrogens with one attached hydrogen (secondary N) is 3. The summed E-state index contributed by atoms with van der Waals surface area (Å²) in [4.78, 5) is 20.2. The van der Waals surface area contributed by atoms with Crippen molar-refractivity contribution in [2.45, 2.75) is 89.1 Å². The molecule has 0 bridgehead atoms. The second-order valence-electron chi connectivity index (χ2n) is 12.5. The van der Waals surface area contributed by atoms with E-state index in [4.69, 9.17) is 0 Å². The van der Waals surface area contributed by atoms with Crippen LogP contribution >= 0.6 is 22.7 Å². The van der Waals surface area contributed by atoms with E-state index in [1.165, 1.54) is 0 Å². The third-order valence-corrected chi connectivity index (χ3v) is 10.2. The number of aromatic nitrogens is 4. The maximum Gasteiger partial charge on any atom is 0.248 e. The Morgan fingerprint density at radius 1 is 0.681 bits per heavy atom. The van der Waals surface area contributed by atoms with E-state index in [-0.39, 0.29) is 37.8 Å². The van der Waals surface area contributed by atoms with E-state index in [1.54, 1.807) is 22.7 Å². The number of anilines is 4. The molecular weight excluding hydrogens is 649 g/mol. The molecule has 8 nitrogen and oxygen atoms in total. The first-order valence-electron chi connectivity index (χ1n) is 15.8. The van der Waals surface area contributed by atoms with Gasteiger partial charge < -0.3 is 20.9 Å². The lowest BCUT2D eigenvalue weighted by atomic mass is 9.92. The van der Waals surface area contributed by atoms with Gasteiger partial charge in [0.25, 0.3) is 0 Å². The lowest BCUT2D eigenvalue weighted by Gasteiger charge is -2.29. The van der Waals surface area contributed by atoms with Crippen molar-refractivity contribution in [3.63, 3.8) is 0 Å². The van der Waals surface area contributed by atoms with Crippen molar-refractivity contribution in [2.24, 2.45) is 0 Å². The normalized spacial score (nSPS) is 17.8. The van der Waals surface area contributed by atoms with Gasteiger partial charge in [0.05, 0.1) is 0 Å². The lowest BCUT2D eigenvalue weighted by molar-refractivity contribution is -0.0366. The zero-order valence-electron chi connectivity index (χ0n) is 27.3. The second-order valence-corrected chi connectivity index (χ2v) is 14.2. The van der Waals surface area contributed by atoms with Crippen LogP contribution in [0.3, 0.4) is 0 Å². The molecule has 0 aromatic carbocycles. The monoisotopic (exact) mass is 690 g/mol. The molecule has 0 radical (unpaired) electrons. The number of nitrogens with zero attached hydrogens (tertiary/aromatic N) is 5. The minimum atomic E-state index is -2.51. The zero-order valence-corrected chi connectivity index (χ0v) is 29.0. The molecule has 2 aliphatic carbocycles. The van der Waals surface area contributed by atoms with Crippen LogP contribution in [0.4, 0.5) is 40.6 Å². The second kappa shape index (κ2) is 14.7. The van der Waals surface area contributed by atoms with Crippen molar-refractivity contribution < 1.29 is 17.6 Å². The van der Waals surface area contributed by atoms with Gasteiger partial charge in [-0.15, -0.1) is 22.7 Å². The molecule has 4 aromatic rings. The molecule has 14 heteroatoms. The maximum atomic E-state index is 13.3. The van der Waals surface area contributed by atoms with Gasteiger partial charge in [-0.3, -0.25) is 0 Å². The number of thiazole rings is 2. The van der Waals surface area contributed by atoms with Crippen molar-refractivity contribution in [3.8, 4) is 21.4 Å². The van der Waals surface area contributed by atoms with Crippen LogP contribution in [0.1, 0.15) is 62.8 Å². The number of rotatable bonds is 8. The van der Waals surface area contributed by atoms with Crippen molar-refractivity contribution in [2.75, 3.05) is 42.0 Å². The summed E-state index contributed by atoms with van der Waals surface area (Å²) in [6.45, 7) is 3.90. The van der Waals surface area contributed by atoms with E-state index in [1.807, 2.05) is 74.9 Å². The zero-order chi connectivity index (χ0) is 33.8. The minimum absolute atomic E-state index is 0.0418. The minimum Gasteiger partial charge on any atom is -0.388 e. The summed E-state index contributed by atoms with van der Waals surface area (Å²) < 4.78 is 53.2.